The summed E-state index contributed by atoms with van der Waals surface area (Å²) < 4.78 is 39.4. The molecule has 200 valence electrons. The van der Waals surface area contributed by atoms with Crippen molar-refractivity contribution in [2.45, 2.75) is 31.7 Å². The van der Waals surface area contributed by atoms with Gasteiger partial charge in [-0.05, 0) is 84.0 Å². The summed E-state index contributed by atoms with van der Waals surface area (Å²) in [5.74, 6) is -0.0859. The molecule has 1 unspecified atom stereocenters. The number of nitrogens with zero attached hydrogens (tertiary/aromatic N) is 3. The second-order valence-electron chi connectivity index (χ2n) is 9.95. The largest absolute Gasteiger partial charge is 0.416 e. The highest BCUT2D eigenvalue weighted by Crippen LogP contribution is 2.38. The van der Waals surface area contributed by atoms with Crippen LogP contribution < -0.4 is 10.6 Å². The van der Waals surface area contributed by atoms with Crippen molar-refractivity contribution in [2.24, 2.45) is 11.7 Å². The van der Waals surface area contributed by atoms with Crippen molar-refractivity contribution in [3.05, 3.63) is 77.1 Å². The number of pyridine rings is 1. The lowest BCUT2D eigenvalue weighted by molar-refractivity contribution is -0.137. The van der Waals surface area contributed by atoms with E-state index in [4.69, 9.17) is 5.73 Å². The number of hydrogen-bond donors (Lipinski definition) is 3. The van der Waals surface area contributed by atoms with Crippen LogP contribution in [-0.2, 0) is 12.7 Å². The molecule has 3 aromatic rings. The van der Waals surface area contributed by atoms with Gasteiger partial charge in [0.2, 0.25) is 0 Å². The summed E-state index contributed by atoms with van der Waals surface area (Å²) in [4.78, 5) is 20.4. The maximum absolute atomic E-state index is 13.1. The molecule has 1 aliphatic carbocycles. The summed E-state index contributed by atoms with van der Waals surface area (Å²) >= 11 is 0. The molecule has 0 radical (unpaired) electrons. The van der Waals surface area contributed by atoms with E-state index in [1.165, 1.54) is 25.0 Å². The van der Waals surface area contributed by atoms with Gasteiger partial charge in [0.1, 0.15) is 11.8 Å². The Balaban J connectivity index is 1.55. The number of aliphatic hydroxyl groups is 2. The second-order valence-corrected chi connectivity index (χ2v) is 9.95. The van der Waals surface area contributed by atoms with E-state index in [0.717, 1.165) is 42.0 Å². The van der Waals surface area contributed by atoms with Gasteiger partial charge in [0, 0.05) is 37.6 Å². The minimum atomic E-state index is -4.40. The summed E-state index contributed by atoms with van der Waals surface area (Å²) in [6.07, 6.45) is -3.26. The van der Waals surface area contributed by atoms with Crippen molar-refractivity contribution in [3.63, 3.8) is 0 Å². The van der Waals surface area contributed by atoms with Gasteiger partial charge in [0.05, 0.1) is 17.9 Å². The first-order valence-corrected chi connectivity index (χ1v) is 12.5. The highest BCUT2D eigenvalue weighted by molar-refractivity contribution is 5.92. The quantitative estimate of drug-likeness (QED) is 0.425. The third kappa shape index (κ3) is 5.67. The van der Waals surface area contributed by atoms with Crippen molar-refractivity contribution >= 4 is 17.3 Å². The standard InChI is InChI=1S/C28H29F3N4O3/c29-28(30,31)21-4-6-22(7-5-21)35-10-9-34(14-17-1-2-17)15-20-11-18(3-8-25(20)35)19-12-23(26(37)16-36)33-24(13-19)27(32)38/h3-8,11-13,17,26,36-37H,1-2,9-10,14-16H2,(H2,32,38). The van der Waals surface area contributed by atoms with Gasteiger partial charge in [-0.3, -0.25) is 9.69 Å². The number of alkyl halides is 3. The predicted molar refractivity (Wildman–Crippen MR) is 137 cm³/mol. The number of nitrogens with two attached hydrogens (primary N) is 1. The van der Waals surface area contributed by atoms with Crippen LogP contribution in [0.3, 0.4) is 0 Å². The van der Waals surface area contributed by atoms with Crippen LogP contribution in [0.25, 0.3) is 11.1 Å². The van der Waals surface area contributed by atoms with Gasteiger partial charge in [-0.15, -0.1) is 0 Å². The molecule has 1 aliphatic heterocycles. The number of carbonyl (C=O) groups excluding carboxylic acids is 1. The number of fused-ring (bicyclic) bond motifs is 1. The number of hydrogen-bond acceptors (Lipinski definition) is 6. The molecule has 1 atom stereocenters. The van der Waals surface area contributed by atoms with Crippen molar-refractivity contribution in [2.75, 3.05) is 31.1 Å². The van der Waals surface area contributed by atoms with E-state index >= 15 is 0 Å². The van der Waals surface area contributed by atoms with E-state index in [1.54, 1.807) is 12.1 Å². The average molecular weight is 527 g/mol. The molecule has 5 rings (SSSR count). The molecule has 4 N–H and O–H groups in total. The monoisotopic (exact) mass is 526 g/mol. The number of benzene rings is 2. The minimum Gasteiger partial charge on any atom is -0.393 e. The lowest BCUT2D eigenvalue weighted by Gasteiger charge is -2.26. The number of carbonyl (C=O) groups is 1. The summed E-state index contributed by atoms with van der Waals surface area (Å²) in [7, 11) is 0. The van der Waals surface area contributed by atoms with Crippen LogP contribution >= 0.6 is 0 Å². The van der Waals surface area contributed by atoms with E-state index in [1.807, 2.05) is 23.1 Å². The molecule has 2 heterocycles. The minimum absolute atomic E-state index is 0.0262. The lowest BCUT2D eigenvalue weighted by atomic mass is 9.99. The normalized spacial score (nSPS) is 17.1. The zero-order chi connectivity index (χ0) is 27.0. The van der Waals surface area contributed by atoms with E-state index in [2.05, 4.69) is 9.88 Å². The molecule has 2 aromatic carbocycles. The molecular weight excluding hydrogens is 497 g/mol. The molecule has 1 fully saturated rings. The Kier molecular flexibility index (Phi) is 7.13. The Labute approximate surface area is 218 Å². The van der Waals surface area contributed by atoms with Crippen molar-refractivity contribution < 1.29 is 28.2 Å². The third-order valence-electron chi connectivity index (χ3n) is 7.07. The molecule has 0 saturated heterocycles. The number of halogens is 3. The van der Waals surface area contributed by atoms with Gasteiger partial charge < -0.3 is 20.8 Å². The summed E-state index contributed by atoms with van der Waals surface area (Å²) in [5.41, 5.74) is 8.82. The van der Waals surface area contributed by atoms with Crippen molar-refractivity contribution in [3.8, 4) is 11.1 Å². The molecule has 1 amide bonds. The molecule has 0 spiro atoms. The van der Waals surface area contributed by atoms with Crippen LogP contribution in [0.1, 0.15) is 46.3 Å². The Morgan fingerprint density at radius 1 is 1.05 bits per heavy atom. The molecule has 1 aromatic heterocycles. The lowest BCUT2D eigenvalue weighted by Crippen LogP contribution is -2.30. The fourth-order valence-electron chi connectivity index (χ4n) is 4.87. The van der Waals surface area contributed by atoms with Crippen LogP contribution in [-0.4, -0.2) is 52.2 Å². The van der Waals surface area contributed by atoms with Crippen LogP contribution in [0.2, 0.25) is 0 Å². The highest BCUT2D eigenvalue weighted by atomic mass is 19.4. The van der Waals surface area contributed by atoms with Gasteiger partial charge in [-0.1, -0.05) is 6.07 Å². The van der Waals surface area contributed by atoms with E-state index in [0.29, 0.717) is 30.3 Å². The molecule has 2 aliphatic rings. The van der Waals surface area contributed by atoms with Crippen LogP contribution in [0, 0.1) is 5.92 Å². The number of amides is 1. The van der Waals surface area contributed by atoms with Gasteiger partial charge in [0.15, 0.2) is 0 Å². The Hall–Kier alpha value is -3.47. The Morgan fingerprint density at radius 2 is 1.79 bits per heavy atom. The zero-order valence-corrected chi connectivity index (χ0v) is 20.7. The Morgan fingerprint density at radius 3 is 2.42 bits per heavy atom. The fourth-order valence-corrected chi connectivity index (χ4v) is 4.87. The number of aliphatic hydroxyl groups excluding tert-OH is 2. The average Bonchev–Trinajstić information content (AvgIpc) is 3.73. The van der Waals surface area contributed by atoms with Crippen molar-refractivity contribution in [1.29, 1.82) is 0 Å². The van der Waals surface area contributed by atoms with E-state index in [-0.39, 0.29) is 11.4 Å². The molecule has 7 nitrogen and oxygen atoms in total. The highest BCUT2D eigenvalue weighted by Gasteiger charge is 2.31. The molecule has 1 saturated carbocycles. The molecular formula is C28H29F3N4O3. The third-order valence-corrected chi connectivity index (χ3v) is 7.07. The van der Waals surface area contributed by atoms with Gasteiger partial charge in [-0.25, -0.2) is 4.98 Å². The SMILES string of the molecule is NC(=O)c1cc(-c2ccc3c(c2)CN(CC2CC2)CCN3c2ccc(C(F)(F)F)cc2)cc(C(O)CO)n1. The van der Waals surface area contributed by atoms with Gasteiger partial charge in [0.25, 0.3) is 5.91 Å². The van der Waals surface area contributed by atoms with Crippen molar-refractivity contribution in [1.82, 2.24) is 9.88 Å². The first-order chi connectivity index (χ1) is 18.1. The molecule has 38 heavy (non-hydrogen) atoms. The summed E-state index contributed by atoms with van der Waals surface area (Å²) in [6, 6.07) is 14.2. The predicted octanol–water partition coefficient (Wildman–Crippen LogP) is 4.26. The first-order valence-electron chi connectivity index (χ1n) is 12.5. The zero-order valence-electron chi connectivity index (χ0n) is 20.7. The maximum Gasteiger partial charge on any atom is 0.416 e. The van der Waals surface area contributed by atoms with Crippen LogP contribution in [0.4, 0.5) is 24.5 Å². The summed E-state index contributed by atoms with van der Waals surface area (Å²) in [5, 5.41) is 19.5. The molecule has 10 heteroatoms. The number of rotatable bonds is 7. The second kappa shape index (κ2) is 10.4. The Bertz CT molecular complexity index is 1330. The first kappa shape index (κ1) is 26.1. The smallest absolute Gasteiger partial charge is 0.393 e. The van der Waals surface area contributed by atoms with Gasteiger partial charge >= 0.3 is 6.18 Å². The molecule has 0 bridgehead atoms. The van der Waals surface area contributed by atoms with Gasteiger partial charge in [-0.2, -0.15) is 13.2 Å². The van der Waals surface area contributed by atoms with Crippen LogP contribution in [0.5, 0.6) is 0 Å². The number of anilines is 2. The van der Waals surface area contributed by atoms with E-state index < -0.39 is 30.4 Å². The number of aromatic nitrogens is 1. The van der Waals surface area contributed by atoms with Crippen LogP contribution in [0.15, 0.2) is 54.6 Å². The fraction of sp³-hybridized carbons (Fsp3) is 0.357. The number of primary amides is 1. The summed E-state index contributed by atoms with van der Waals surface area (Å²) in [6.45, 7) is 2.44. The van der Waals surface area contributed by atoms with E-state index in [9.17, 15) is 28.2 Å². The topological polar surface area (TPSA) is 103 Å². The maximum atomic E-state index is 13.1.